The number of thiophene rings is 1. The van der Waals surface area contributed by atoms with Crippen LogP contribution in [0.5, 0.6) is 0 Å². The van der Waals surface area contributed by atoms with Crippen LogP contribution in [-0.4, -0.2) is 0 Å². The molecule has 9 aromatic carbocycles. The van der Waals surface area contributed by atoms with Crippen molar-refractivity contribution in [1.29, 1.82) is 0 Å². The number of para-hydroxylation sites is 2. The lowest BCUT2D eigenvalue weighted by Crippen LogP contribution is -2.10. The van der Waals surface area contributed by atoms with Gasteiger partial charge in [-0.2, -0.15) is 0 Å². The zero-order chi connectivity index (χ0) is 36.7. The minimum atomic E-state index is 0.826. The summed E-state index contributed by atoms with van der Waals surface area (Å²) in [5.41, 5.74) is 11.3. The molecule has 0 N–H and O–H groups in total. The molecule has 0 saturated heterocycles. The lowest BCUT2D eigenvalue weighted by Gasteiger charge is -2.26. The Hall–Kier alpha value is -7.14. The molecule has 56 heavy (non-hydrogen) atoms. The van der Waals surface area contributed by atoms with Crippen LogP contribution in [0, 0.1) is 0 Å². The molecule has 0 unspecified atom stereocenters. The molecule has 0 aliphatic heterocycles. The van der Waals surface area contributed by atoms with Gasteiger partial charge in [0.15, 0.2) is 5.58 Å². The summed E-state index contributed by atoms with van der Waals surface area (Å²) in [5, 5.41) is 9.18. The van der Waals surface area contributed by atoms with Crippen LogP contribution in [0.2, 0.25) is 0 Å². The minimum absolute atomic E-state index is 0.826. The van der Waals surface area contributed by atoms with Gasteiger partial charge in [0.25, 0.3) is 0 Å². The summed E-state index contributed by atoms with van der Waals surface area (Å²) in [6, 6.07) is 67.3. The molecule has 3 heterocycles. The molecule has 0 bridgehead atoms. The predicted molar refractivity (Wildman–Crippen MR) is 237 cm³/mol. The predicted octanol–water partition coefficient (Wildman–Crippen LogP) is 15.8. The Morgan fingerprint density at radius 2 is 1.02 bits per heavy atom. The van der Waals surface area contributed by atoms with Gasteiger partial charge in [0, 0.05) is 37.3 Å². The highest BCUT2D eigenvalue weighted by molar-refractivity contribution is 7.26. The summed E-state index contributed by atoms with van der Waals surface area (Å²) in [7, 11) is 0. The van der Waals surface area contributed by atoms with E-state index in [1.165, 1.54) is 47.6 Å². The second-order valence-corrected chi connectivity index (χ2v) is 15.5. The Bertz CT molecular complexity index is 3480. The van der Waals surface area contributed by atoms with E-state index in [0.29, 0.717) is 0 Å². The van der Waals surface area contributed by atoms with Crippen molar-refractivity contribution in [3.63, 3.8) is 0 Å². The fourth-order valence-electron chi connectivity index (χ4n) is 8.58. The maximum absolute atomic E-state index is 7.04. The van der Waals surface area contributed by atoms with Crippen LogP contribution >= 0.6 is 11.3 Å². The summed E-state index contributed by atoms with van der Waals surface area (Å²) in [4.78, 5) is 2.38. The Morgan fingerprint density at radius 3 is 1.84 bits per heavy atom. The molecular formula is C52H31NO2S. The molecule has 0 amide bonds. The van der Waals surface area contributed by atoms with Gasteiger partial charge in [0.2, 0.25) is 0 Å². The van der Waals surface area contributed by atoms with Gasteiger partial charge in [-0.3, -0.25) is 0 Å². The van der Waals surface area contributed by atoms with Crippen molar-refractivity contribution in [1.82, 2.24) is 0 Å². The molecular weight excluding hydrogens is 703 g/mol. The second kappa shape index (κ2) is 12.2. The molecule has 3 aromatic heterocycles. The lowest BCUT2D eigenvalue weighted by molar-refractivity contribution is 0.663. The van der Waals surface area contributed by atoms with Crippen LogP contribution in [0.1, 0.15) is 0 Å². The van der Waals surface area contributed by atoms with Crippen LogP contribution in [0.3, 0.4) is 0 Å². The van der Waals surface area contributed by atoms with E-state index in [0.717, 1.165) is 66.5 Å². The van der Waals surface area contributed by atoms with Gasteiger partial charge < -0.3 is 13.7 Å². The molecule has 0 atom stereocenters. The van der Waals surface area contributed by atoms with Gasteiger partial charge in [-0.15, -0.1) is 11.3 Å². The molecule has 0 aliphatic rings. The van der Waals surface area contributed by atoms with Gasteiger partial charge in [-0.1, -0.05) is 127 Å². The van der Waals surface area contributed by atoms with Gasteiger partial charge in [-0.25, -0.2) is 0 Å². The summed E-state index contributed by atoms with van der Waals surface area (Å²) in [6.45, 7) is 0. The number of nitrogens with zero attached hydrogens (tertiary/aromatic N) is 1. The monoisotopic (exact) mass is 733 g/mol. The number of hydrogen-bond acceptors (Lipinski definition) is 4. The van der Waals surface area contributed by atoms with Gasteiger partial charge in [0.05, 0.1) is 21.5 Å². The van der Waals surface area contributed by atoms with Crippen molar-refractivity contribution in [3.8, 4) is 22.3 Å². The zero-order valence-corrected chi connectivity index (χ0v) is 30.9. The fourth-order valence-corrected chi connectivity index (χ4v) is 9.79. The Labute approximate surface area is 325 Å². The third kappa shape index (κ3) is 4.76. The number of anilines is 3. The third-order valence-corrected chi connectivity index (χ3v) is 12.5. The number of hydrogen-bond donors (Lipinski definition) is 0. The number of furan rings is 2. The highest BCUT2D eigenvalue weighted by Crippen LogP contribution is 2.49. The maximum Gasteiger partial charge on any atom is 0.159 e. The number of rotatable bonds is 5. The van der Waals surface area contributed by atoms with Crippen LogP contribution in [-0.2, 0) is 0 Å². The summed E-state index contributed by atoms with van der Waals surface area (Å²) in [5.74, 6) is 0. The molecule has 0 aliphatic carbocycles. The van der Waals surface area contributed by atoms with Gasteiger partial charge in [-0.05, 0) is 93.7 Å². The first-order valence-corrected chi connectivity index (χ1v) is 19.7. The average molecular weight is 734 g/mol. The molecule has 0 fully saturated rings. The standard InChI is InChI=1S/C52H31NO2S/c1-2-10-32(11-3-1)35-22-20-34-21-23-36(31-37(34)30-35)33-24-26-38(27-25-33)53(45-17-9-15-42-39-12-5-7-19-48(39)56-52(42)45)44-16-8-14-40-41-28-29-47-49(51(41)55-50(40)44)43-13-4-6-18-46(43)54-47/h1-31H. The van der Waals surface area contributed by atoms with E-state index in [-0.39, 0.29) is 0 Å². The van der Waals surface area contributed by atoms with E-state index in [1.807, 2.05) is 23.5 Å². The minimum Gasteiger partial charge on any atom is -0.456 e. The first kappa shape index (κ1) is 31.2. The first-order chi connectivity index (χ1) is 27.7. The molecule has 0 spiro atoms. The van der Waals surface area contributed by atoms with Crippen molar-refractivity contribution in [3.05, 3.63) is 188 Å². The Kier molecular flexibility index (Phi) is 6.80. The van der Waals surface area contributed by atoms with E-state index >= 15 is 0 Å². The molecule has 12 aromatic rings. The topological polar surface area (TPSA) is 29.5 Å². The summed E-state index contributed by atoms with van der Waals surface area (Å²) >= 11 is 1.84. The Balaban J connectivity index is 1.05. The van der Waals surface area contributed by atoms with E-state index < -0.39 is 0 Å². The molecule has 0 saturated carbocycles. The van der Waals surface area contributed by atoms with Crippen LogP contribution in [0.15, 0.2) is 197 Å². The molecule has 4 heteroatoms. The van der Waals surface area contributed by atoms with Crippen molar-refractivity contribution < 1.29 is 8.83 Å². The van der Waals surface area contributed by atoms with Gasteiger partial charge in [0.1, 0.15) is 16.7 Å². The molecule has 0 radical (unpaired) electrons. The quantitative estimate of drug-likeness (QED) is 0.176. The summed E-state index contributed by atoms with van der Waals surface area (Å²) in [6.07, 6.45) is 0. The fraction of sp³-hybridized carbons (Fsp3) is 0. The van der Waals surface area contributed by atoms with Crippen molar-refractivity contribution in [2.45, 2.75) is 0 Å². The average Bonchev–Trinajstić information content (AvgIpc) is 3.96. The van der Waals surface area contributed by atoms with E-state index in [1.54, 1.807) is 0 Å². The zero-order valence-electron chi connectivity index (χ0n) is 30.1. The lowest BCUT2D eigenvalue weighted by atomic mass is 9.97. The SMILES string of the molecule is c1ccc(-c2ccc3ccc(-c4ccc(N(c5cccc6c5oc5c6ccc6oc7ccccc7c65)c5cccc6c5sc5ccccc56)cc4)cc3c2)cc1. The normalized spacial score (nSPS) is 11.9. The smallest absolute Gasteiger partial charge is 0.159 e. The number of benzene rings is 9. The summed E-state index contributed by atoms with van der Waals surface area (Å²) < 4.78 is 15.8. The van der Waals surface area contributed by atoms with Crippen molar-refractivity contribution >= 4 is 103 Å². The third-order valence-electron chi connectivity index (χ3n) is 11.3. The first-order valence-electron chi connectivity index (χ1n) is 18.9. The molecule has 12 rings (SSSR count). The van der Waals surface area contributed by atoms with Crippen LogP contribution < -0.4 is 4.90 Å². The van der Waals surface area contributed by atoms with Crippen molar-refractivity contribution in [2.24, 2.45) is 0 Å². The van der Waals surface area contributed by atoms with E-state index in [4.69, 9.17) is 8.83 Å². The van der Waals surface area contributed by atoms with E-state index in [2.05, 4.69) is 181 Å². The highest BCUT2D eigenvalue weighted by atomic mass is 32.1. The number of fused-ring (bicyclic) bond motifs is 11. The molecule has 3 nitrogen and oxygen atoms in total. The maximum atomic E-state index is 7.04. The van der Waals surface area contributed by atoms with Crippen LogP contribution in [0.4, 0.5) is 17.1 Å². The highest BCUT2D eigenvalue weighted by Gasteiger charge is 2.24. The van der Waals surface area contributed by atoms with Gasteiger partial charge >= 0.3 is 0 Å². The van der Waals surface area contributed by atoms with Crippen molar-refractivity contribution in [2.75, 3.05) is 4.90 Å². The van der Waals surface area contributed by atoms with Crippen LogP contribution in [0.25, 0.3) is 97.1 Å². The second-order valence-electron chi connectivity index (χ2n) is 14.4. The molecule has 262 valence electrons. The Morgan fingerprint density at radius 1 is 0.375 bits per heavy atom. The largest absolute Gasteiger partial charge is 0.456 e. The van der Waals surface area contributed by atoms with E-state index in [9.17, 15) is 0 Å².